The standard InChI is InChI=1S/C9H15N5/c1-9(2)4-5(9)12-7-3-6(10)13-8(11)14-7/h3,5H,4H2,1-2H3,(H5,10,11,12,13,14). The van der Waals surface area contributed by atoms with E-state index in [1.165, 1.54) is 0 Å². The van der Waals surface area contributed by atoms with Gasteiger partial charge in [-0.1, -0.05) is 13.8 Å². The van der Waals surface area contributed by atoms with Crippen LogP contribution in [0.3, 0.4) is 0 Å². The Balaban J connectivity index is 2.10. The fourth-order valence-electron chi connectivity index (χ4n) is 1.45. The Morgan fingerprint density at radius 1 is 1.43 bits per heavy atom. The number of hydrogen-bond donors (Lipinski definition) is 3. The van der Waals surface area contributed by atoms with Crippen molar-refractivity contribution in [2.45, 2.75) is 26.3 Å². The van der Waals surface area contributed by atoms with Crippen molar-refractivity contribution in [3.8, 4) is 0 Å². The molecule has 0 radical (unpaired) electrons. The van der Waals surface area contributed by atoms with E-state index < -0.39 is 0 Å². The van der Waals surface area contributed by atoms with Crippen molar-refractivity contribution in [1.29, 1.82) is 0 Å². The molecule has 0 aliphatic heterocycles. The maximum atomic E-state index is 5.55. The Morgan fingerprint density at radius 3 is 2.57 bits per heavy atom. The summed E-state index contributed by atoms with van der Waals surface area (Å²) in [7, 11) is 0. The topological polar surface area (TPSA) is 89.8 Å². The van der Waals surface area contributed by atoms with Crippen molar-refractivity contribution in [3.05, 3.63) is 6.07 Å². The lowest BCUT2D eigenvalue weighted by atomic mass is 10.2. The molecule has 1 heterocycles. The molecule has 1 aromatic heterocycles. The molecule has 0 spiro atoms. The van der Waals surface area contributed by atoms with Gasteiger partial charge in [-0.15, -0.1) is 0 Å². The fourth-order valence-corrected chi connectivity index (χ4v) is 1.45. The summed E-state index contributed by atoms with van der Waals surface area (Å²) >= 11 is 0. The fraction of sp³-hybridized carbons (Fsp3) is 0.556. The molecule has 1 aliphatic carbocycles. The van der Waals surface area contributed by atoms with Crippen LogP contribution in [0.5, 0.6) is 0 Å². The SMILES string of the molecule is CC1(C)CC1Nc1cc(N)nc(N)n1. The molecule has 1 saturated carbocycles. The summed E-state index contributed by atoms with van der Waals surface area (Å²) in [5, 5.41) is 3.28. The van der Waals surface area contributed by atoms with Crippen molar-refractivity contribution in [1.82, 2.24) is 9.97 Å². The smallest absolute Gasteiger partial charge is 0.223 e. The van der Waals surface area contributed by atoms with Crippen LogP contribution in [0.25, 0.3) is 0 Å². The summed E-state index contributed by atoms with van der Waals surface area (Å²) in [6, 6.07) is 2.17. The van der Waals surface area contributed by atoms with Crippen LogP contribution < -0.4 is 16.8 Å². The molecule has 1 aliphatic rings. The Morgan fingerprint density at radius 2 is 2.07 bits per heavy atom. The average Bonchev–Trinajstić information content (AvgIpc) is 2.55. The zero-order valence-electron chi connectivity index (χ0n) is 8.41. The molecule has 14 heavy (non-hydrogen) atoms. The molecule has 76 valence electrons. The van der Waals surface area contributed by atoms with Gasteiger partial charge in [-0.2, -0.15) is 9.97 Å². The number of nitrogen functional groups attached to an aromatic ring is 2. The summed E-state index contributed by atoms with van der Waals surface area (Å²) in [6.45, 7) is 4.41. The zero-order chi connectivity index (χ0) is 10.3. The maximum Gasteiger partial charge on any atom is 0.223 e. The monoisotopic (exact) mass is 193 g/mol. The Kier molecular flexibility index (Phi) is 1.77. The van der Waals surface area contributed by atoms with Crippen molar-refractivity contribution in [2.75, 3.05) is 16.8 Å². The molecule has 5 nitrogen and oxygen atoms in total. The van der Waals surface area contributed by atoms with Crippen LogP contribution in [-0.4, -0.2) is 16.0 Å². The first kappa shape index (κ1) is 9.05. The van der Waals surface area contributed by atoms with Gasteiger partial charge in [0.05, 0.1) is 0 Å². The van der Waals surface area contributed by atoms with E-state index >= 15 is 0 Å². The van der Waals surface area contributed by atoms with E-state index in [-0.39, 0.29) is 5.95 Å². The first-order valence-electron chi connectivity index (χ1n) is 4.64. The molecule has 2 rings (SSSR count). The minimum absolute atomic E-state index is 0.214. The third-order valence-corrected chi connectivity index (χ3v) is 2.60. The molecule has 1 fully saturated rings. The van der Waals surface area contributed by atoms with E-state index in [4.69, 9.17) is 11.5 Å². The predicted octanol–water partition coefficient (Wildman–Crippen LogP) is 0.851. The third-order valence-electron chi connectivity index (χ3n) is 2.60. The number of hydrogen-bond acceptors (Lipinski definition) is 5. The molecule has 0 amide bonds. The molecule has 1 atom stereocenters. The summed E-state index contributed by atoms with van der Waals surface area (Å²) in [4.78, 5) is 7.86. The summed E-state index contributed by atoms with van der Waals surface area (Å²) in [5.41, 5.74) is 11.4. The van der Waals surface area contributed by atoms with Crippen LogP contribution >= 0.6 is 0 Å². The number of rotatable bonds is 2. The number of nitrogens with zero attached hydrogens (tertiary/aromatic N) is 2. The van der Waals surface area contributed by atoms with Crippen molar-refractivity contribution in [2.24, 2.45) is 5.41 Å². The van der Waals surface area contributed by atoms with E-state index in [1.807, 2.05) is 0 Å². The highest BCUT2D eigenvalue weighted by atomic mass is 15.1. The third kappa shape index (κ3) is 1.71. The van der Waals surface area contributed by atoms with E-state index in [0.29, 0.717) is 23.1 Å². The molecule has 1 aromatic rings. The first-order valence-corrected chi connectivity index (χ1v) is 4.64. The van der Waals surface area contributed by atoms with Gasteiger partial charge in [0.1, 0.15) is 11.6 Å². The number of nitrogens with two attached hydrogens (primary N) is 2. The lowest BCUT2D eigenvalue weighted by molar-refractivity contribution is 0.630. The second kappa shape index (κ2) is 2.73. The molecular weight excluding hydrogens is 178 g/mol. The maximum absolute atomic E-state index is 5.55. The minimum Gasteiger partial charge on any atom is -0.383 e. The highest BCUT2D eigenvalue weighted by Gasteiger charge is 2.45. The van der Waals surface area contributed by atoms with Crippen molar-refractivity contribution >= 4 is 17.6 Å². The average molecular weight is 193 g/mol. The van der Waals surface area contributed by atoms with E-state index in [9.17, 15) is 0 Å². The first-order chi connectivity index (χ1) is 6.47. The molecule has 0 aromatic carbocycles. The predicted molar refractivity (Wildman–Crippen MR) is 56.7 cm³/mol. The lowest BCUT2D eigenvalue weighted by Crippen LogP contribution is -2.11. The van der Waals surface area contributed by atoms with Crippen LogP contribution in [0.1, 0.15) is 20.3 Å². The van der Waals surface area contributed by atoms with Crippen molar-refractivity contribution in [3.63, 3.8) is 0 Å². The van der Waals surface area contributed by atoms with Crippen LogP contribution in [0, 0.1) is 5.41 Å². The lowest BCUT2D eigenvalue weighted by Gasteiger charge is -2.07. The Hall–Kier alpha value is -1.52. The molecule has 0 saturated heterocycles. The van der Waals surface area contributed by atoms with E-state index in [0.717, 1.165) is 6.42 Å². The van der Waals surface area contributed by atoms with Crippen LogP contribution in [0.15, 0.2) is 6.07 Å². The molecule has 5 N–H and O–H groups in total. The molecular formula is C9H15N5. The van der Waals surface area contributed by atoms with Gasteiger partial charge < -0.3 is 16.8 Å². The highest BCUT2D eigenvalue weighted by Crippen LogP contribution is 2.46. The van der Waals surface area contributed by atoms with Gasteiger partial charge in [-0.25, -0.2) is 0 Å². The number of nitrogens with one attached hydrogen (secondary N) is 1. The normalized spacial score (nSPS) is 23.1. The molecule has 1 unspecified atom stereocenters. The minimum atomic E-state index is 0.214. The summed E-state index contributed by atoms with van der Waals surface area (Å²) in [5.74, 6) is 1.33. The Labute approximate surface area is 82.9 Å². The largest absolute Gasteiger partial charge is 0.383 e. The molecule has 5 heteroatoms. The van der Waals surface area contributed by atoms with Crippen LogP contribution in [0.2, 0.25) is 0 Å². The van der Waals surface area contributed by atoms with Gasteiger partial charge in [-0.05, 0) is 11.8 Å². The second-order valence-corrected chi connectivity index (χ2v) is 4.43. The van der Waals surface area contributed by atoms with Gasteiger partial charge in [0.2, 0.25) is 5.95 Å². The van der Waals surface area contributed by atoms with Crippen LogP contribution in [0.4, 0.5) is 17.6 Å². The number of anilines is 3. The quantitative estimate of drug-likeness (QED) is 0.648. The summed E-state index contributed by atoms with van der Waals surface area (Å²) < 4.78 is 0. The zero-order valence-corrected chi connectivity index (χ0v) is 8.41. The highest BCUT2D eigenvalue weighted by molar-refractivity contribution is 5.50. The van der Waals surface area contributed by atoms with Crippen LogP contribution in [-0.2, 0) is 0 Å². The van der Waals surface area contributed by atoms with E-state index in [2.05, 4.69) is 29.1 Å². The van der Waals surface area contributed by atoms with Gasteiger partial charge in [0, 0.05) is 12.1 Å². The van der Waals surface area contributed by atoms with Gasteiger partial charge in [0.15, 0.2) is 0 Å². The second-order valence-electron chi connectivity index (χ2n) is 4.43. The summed E-state index contributed by atoms with van der Waals surface area (Å²) in [6.07, 6.45) is 1.15. The Bertz CT molecular complexity index is 340. The van der Waals surface area contributed by atoms with Gasteiger partial charge >= 0.3 is 0 Å². The molecule has 0 bridgehead atoms. The van der Waals surface area contributed by atoms with Gasteiger partial charge in [0.25, 0.3) is 0 Å². The van der Waals surface area contributed by atoms with Crippen molar-refractivity contribution < 1.29 is 0 Å². The van der Waals surface area contributed by atoms with Gasteiger partial charge in [-0.3, -0.25) is 0 Å². The van der Waals surface area contributed by atoms with E-state index in [1.54, 1.807) is 6.07 Å². The number of aromatic nitrogens is 2.